The summed E-state index contributed by atoms with van der Waals surface area (Å²) in [6.45, 7) is 0. The van der Waals surface area contributed by atoms with Gasteiger partial charge in [0.25, 0.3) is 0 Å². The molecule has 0 saturated heterocycles. The third-order valence-corrected chi connectivity index (χ3v) is 1.78. The van der Waals surface area contributed by atoms with E-state index in [2.05, 4.69) is 15.3 Å². The third-order valence-electron chi connectivity index (χ3n) is 1.78. The molecule has 2 heterocycles. The lowest BCUT2D eigenvalue weighted by molar-refractivity contribution is 0.424. The van der Waals surface area contributed by atoms with Crippen LogP contribution in [0.4, 0.5) is 0 Å². The van der Waals surface area contributed by atoms with E-state index in [9.17, 15) is 0 Å². The second-order valence-electron chi connectivity index (χ2n) is 2.68. The van der Waals surface area contributed by atoms with E-state index < -0.39 is 7.12 Å². The fourth-order valence-electron chi connectivity index (χ4n) is 1.09. The van der Waals surface area contributed by atoms with Crippen molar-refractivity contribution >= 4 is 23.7 Å². The van der Waals surface area contributed by atoms with Gasteiger partial charge in [-0.1, -0.05) is 5.21 Å². The lowest BCUT2D eigenvalue weighted by Gasteiger charge is -1.96. The Kier molecular flexibility index (Phi) is 1.75. The van der Waals surface area contributed by atoms with E-state index in [-0.39, 0.29) is 5.59 Å². The zero-order valence-corrected chi connectivity index (χ0v) is 6.92. The first-order valence-corrected chi connectivity index (χ1v) is 3.70. The first-order chi connectivity index (χ1) is 6.18. The van der Waals surface area contributed by atoms with Gasteiger partial charge < -0.3 is 10.0 Å². The van der Waals surface area contributed by atoms with Gasteiger partial charge in [-0.2, -0.15) is 0 Å². The van der Waals surface area contributed by atoms with E-state index >= 15 is 0 Å². The van der Waals surface area contributed by atoms with Crippen LogP contribution in [0.2, 0.25) is 0 Å². The maximum atomic E-state index is 8.83. The Morgan fingerprint density at radius 3 is 2.92 bits per heavy atom. The summed E-state index contributed by atoms with van der Waals surface area (Å²) >= 11 is 0. The smallest absolute Gasteiger partial charge is 0.422 e. The zero-order valence-electron chi connectivity index (χ0n) is 6.92. The van der Waals surface area contributed by atoms with E-state index in [1.807, 2.05) is 0 Å². The highest BCUT2D eigenvalue weighted by atomic mass is 16.4. The number of fused-ring (bicyclic) bond motifs is 1. The van der Waals surface area contributed by atoms with E-state index in [1.54, 1.807) is 11.7 Å². The Bertz CT molecular complexity index is 441. The first-order valence-electron chi connectivity index (χ1n) is 3.70. The summed E-state index contributed by atoms with van der Waals surface area (Å²) in [7, 11) is 0.179. The molecule has 2 aromatic rings. The zero-order chi connectivity index (χ0) is 9.42. The summed E-state index contributed by atoms with van der Waals surface area (Å²) in [6.07, 6.45) is 1.50. The van der Waals surface area contributed by atoms with Crippen LogP contribution in [0.15, 0.2) is 12.3 Å². The highest BCUT2D eigenvalue weighted by Crippen LogP contribution is 2.04. The van der Waals surface area contributed by atoms with E-state index in [0.717, 1.165) is 5.52 Å². The molecular weight excluding hydrogens is 171 g/mol. The molecule has 0 aromatic carbocycles. The maximum absolute atomic E-state index is 8.83. The van der Waals surface area contributed by atoms with Crippen molar-refractivity contribution in [3.63, 3.8) is 0 Å². The minimum Gasteiger partial charge on any atom is -0.422 e. The molecule has 0 bridgehead atoms. The largest absolute Gasteiger partial charge is 0.508 e. The van der Waals surface area contributed by atoms with Crippen LogP contribution in [0.25, 0.3) is 11.0 Å². The number of hydrogen-bond acceptors (Lipinski definition) is 5. The Morgan fingerprint density at radius 2 is 2.23 bits per heavy atom. The first kappa shape index (κ1) is 8.15. The monoisotopic (exact) mass is 178 g/mol. The second-order valence-corrected chi connectivity index (χ2v) is 2.68. The van der Waals surface area contributed by atoms with Gasteiger partial charge in [-0.05, 0) is 6.07 Å². The molecule has 7 heteroatoms. The Morgan fingerprint density at radius 1 is 1.46 bits per heavy atom. The van der Waals surface area contributed by atoms with Crippen LogP contribution >= 0.6 is 0 Å². The summed E-state index contributed by atoms with van der Waals surface area (Å²) in [5, 5.41) is 25.2. The summed E-state index contributed by atoms with van der Waals surface area (Å²) < 4.78 is 1.57. The molecule has 2 N–H and O–H groups in total. The van der Waals surface area contributed by atoms with Crippen molar-refractivity contribution in [1.29, 1.82) is 0 Å². The molecule has 0 unspecified atom stereocenters. The van der Waals surface area contributed by atoms with Crippen molar-refractivity contribution in [2.24, 2.45) is 7.05 Å². The lowest BCUT2D eigenvalue weighted by Crippen LogP contribution is -2.32. The third kappa shape index (κ3) is 1.27. The summed E-state index contributed by atoms with van der Waals surface area (Å²) in [6, 6.07) is 1.49. The summed E-state index contributed by atoms with van der Waals surface area (Å²) in [5.41, 5.74) is 1.53. The SMILES string of the molecule is Cn1nnc2cc(B(O)O)ncc21. The molecule has 66 valence electrons. The van der Waals surface area contributed by atoms with E-state index in [4.69, 9.17) is 10.0 Å². The van der Waals surface area contributed by atoms with Crippen LogP contribution in [0.3, 0.4) is 0 Å². The molecule has 0 saturated carbocycles. The van der Waals surface area contributed by atoms with Crippen LogP contribution in [0.5, 0.6) is 0 Å². The predicted molar refractivity (Wildman–Crippen MR) is 46.1 cm³/mol. The molecule has 2 rings (SSSR count). The van der Waals surface area contributed by atoms with Gasteiger partial charge in [0.15, 0.2) is 0 Å². The molecule has 6 nitrogen and oxygen atoms in total. The van der Waals surface area contributed by atoms with Gasteiger partial charge in [0.2, 0.25) is 0 Å². The highest BCUT2D eigenvalue weighted by Gasteiger charge is 2.14. The van der Waals surface area contributed by atoms with Gasteiger partial charge >= 0.3 is 7.12 Å². The maximum Gasteiger partial charge on any atom is 0.508 e. The van der Waals surface area contributed by atoms with Gasteiger partial charge in [0.1, 0.15) is 11.0 Å². The molecule has 0 amide bonds. The topological polar surface area (TPSA) is 84.1 Å². The van der Waals surface area contributed by atoms with Crippen molar-refractivity contribution in [1.82, 2.24) is 20.0 Å². The van der Waals surface area contributed by atoms with Crippen LogP contribution in [-0.2, 0) is 7.05 Å². The van der Waals surface area contributed by atoms with Crippen molar-refractivity contribution in [2.45, 2.75) is 0 Å². The van der Waals surface area contributed by atoms with Crippen molar-refractivity contribution in [3.8, 4) is 0 Å². The predicted octanol–water partition coefficient (Wildman–Crippen LogP) is -1.96. The average molecular weight is 178 g/mol. The van der Waals surface area contributed by atoms with E-state index in [1.165, 1.54) is 12.3 Å². The van der Waals surface area contributed by atoms with Crippen LogP contribution in [-0.4, -0.2) is 37.1 Å². The van der Waals surface area contributed by atoms with Gasteiger partial charge in [0.05, 0.1) is 11.8 Å². The minimum absolute atomic E-state index is 0.174. The lowest BCUT2D eigenvalue weighted by atomic mass is 9.85. The number of hydrogen-bond donors (Lipinski definition) is 2. The second kappa shape index (κ2) is 2.79. The number of aryl methyl sites for hydroxylation is 1. The highest BCUT2D eigenvalue weighted by molar-refractivity contribution is 6.57. The quantitative estimate of drug-likeness (QED) is 0.495. The number of rotatable bonds is 1. The van der Waals surface area contributed by atoms with Gasteiger partial charge in [-0.25, -0.2) is 4.68 Å². The molecule has 0 aliphatic rings. The Balaban J connectivity index is 2.63. The molecular formula is C6H7BN4O2. The Labute approximate surface area is 74.0 Å². The Hall–Kier alpha value is -1.47. The average Bonchev–Trinajstić information content (AvgIpc) is 2.47. The molecule has 0 spiro atoms. The standard InChI is InChI=1S/C6H7BN4O2/c1-11-5-3-8-6(7(12)13)2-4(5)9-10-11/h2-3,12-13H,1H3. The summed E-state index contributed by atoms with van der Waals surface area (Å²) in [4.78, 5) is 3.84. The molecule has 0 aliphatic heterocycles. The molecule has 0 radical (unpaired) electrons. The normalized spacial score (nSPS) is 10.7. The van der Waals surface area contributed by atoms with Crippen LogP contribution in [0, 0.1) is 0 Å². The number of pyridine rings is 1. The van der Waals surface area contributed by atoms with Crippen molar-refractivity contribution in [3.05, 3.63) is 12.3 Å². The van der Waals surface area contributed by atoms with E-state index in [0.29, 0.717) is 5.52 Å². The van der Waals surface area contributed by atoms with Crippen LogP contribution in [0.1, 0.15) is 0 Å². The fourth-order valence-corrected chi connectivity index (χ4v) is 1.09. The molecule has 0 fully saturated rings. The number of nitrogens with zero attached hydrogens (tertiary/aromatic N) is 4. The molecule has 0 aliphatic carbocycles. The van der Waals surface area contributed by atoms with Gasteiger partial charge in [-0.15, -0.1) is 5.10 Å². The summed E-state index contributed by atoms with van der Waals surface area (Å²) in [5.74, 6) is 0. The molecule has 13 heavy (non-hydrogen) atoms. The number of aromatic nitrogens is 4. The van der Waals surface area contributed by atoms with Crippen LogP contribution < -0.4 is 5.59 Å². The van der Waals surface area contributed by atoms with Gasteiger partial charge in [-0.3, -0.25) is 4.98 Å². The van der Waals surface area contributed by atoms with Gasteiger partial charge in [0, 0.05) is 7.05 Å². The molecule has 2 aromatic heterocycles. The van der Waals surface area contributed by atoms with Crippen molar-refractivity contribution < 1.29 is 10.0 Å². The molecule has 0 atom stereocenters. The van der Waals surface area contributed by atoms with Crippen molar-refractivity contribution in [2.75, 3.05) is 0 Å². The fraction of sp³-hybridized carbons (Fsp3) is 0.167. The minimum atomic E-state index is -1.56.